The van der Waals surface area contributed by atoms with Gasteiger partial charge in [-0.15, -0.1) is 0 Å². The van der Waals surface area contributed by atoms with Crippen LogP contribution in [0.25, 0.3) is 0 Å². The lowest BCUT2D eigenvalue weighted by Crippen LogP contribution is -2.28. The molecule has 1 aliphatic heterocycles. The summed E-state index contributed by atoms with van der Waals surface area (Å²) in [6, 6.07) is 0.483. The highest BCUT2D eigenvalue weighted by Gasteiger charge is 2.13. The summed E-state index contributed by atoms with van der Waals surface area (Å²) in [5.41, 5.74) is 5.68. The van der Waals surface area contributed by atoms with E-state index in [2.05, 4.69) is 6.92 Å². The summed E-state index contributed by atoms with van der Waals surface area (Å²) in [5, 5.41) is 0.856. The van der Waals surface area contributed by atoms with Gasteiger partial charge in [-0.3, -0.25) is 0 Å². The van der Waals surface area contributed by atoms with Crippen molar-refractivity contribution in [2.75, 3.05) is 5.75 Å². The van der Waals surface area contributed by atoms with Crippen molar-refractivity contribution < 1.29 is 0 Å². The van der Waals surface area contributed by atoms with E-state index in [4.69, 9.17) is 5.73 Å². The normalized spacial score (nSPS) is 39.8. The van der Waals surface area contributed by atoms with Crippen molar-refractivity contribution in [3.63, 3.8) is 0 Å². The van der Waals surface area contributed by atoms with Crippen LogP contribution in [0.2, 0.25) is 0 Å². The van der Waals surface area contributed by atoms with Crippen LogP contribution in [0.1, 0.15) is 19.8 Å². The van der Waals surface area contributed by atoms with Gasteiger partial charge < -0.3 is 5.73 Å². The number of hydrogen-bond acceptors (Lipinski definition) is 2. The Morgan fingerprint density at radius 3 is 2.62 bits per heavy atom. The maximum atomic E-state index is 5.68. The molecule has 2 N–H and O–H groups in total. The third-order valence-electron chi connectivity index (χ3n) is 1.54. The molecule has 2 atom stereocenters. The third-order valence-corrected chi connectivity index (χ3v) is 2.96. The van der Waals surface area contributed by atoms with Gasteiger partial charge in [0.15, 0.2) is 0 Å². The third kappa shape index (κ3) is 1.67. The summed E-state index contributed by atoms with van der Waals surface area (Å²) < 4.78 is 0. The number of thioether (sulfide) groups is 1. The maximum absolute atomic E-state index is 5.68. The van der Waals surface area contributed by atoms with E-state index < -0.39 is 0 Å². The minimum atomic E-state index is 0.483. The Hall–Kier alpha value is 0.310. The molecule has 1 heterocycles. The van der Waals surface area contributed by atoms with E-state index >= 15 is 0 Å². The summed E-state index contributed by atoms with van der Waals surface area (Å²) in [4.78, 5) is 0. The molecule has 0 unspecified atom stereocenters. The van der Waals surface area contributed by atoms with Crippen LogP contribution in [0.4, 0.5) is 0 Å². The Morgan fingerprint density at radius 2 is 2.25 bits per heavy atom. The van der Waals surface area contributed by atoms with E-state index in [1.165, 1.54) is 18.6 Å². The Balaban J connectivity index is 2.19. The van der Waals surface area contributed by atoms with Gasteiger partial charge in [0.25, 0.3) is 0 Å². The fourth-order valence-electron chi connectivity index (χ4n) is 0.903. The molecule has 1 rings (SSSR count). The van der Waals surface area contributed by atoms with Gasteiger partial charge in [-0.05, 0) is 12.8 Å². The van der Waals surface area contributed by atoms with Crippen LogP contribution in [0, 0.1) is 0 Å². The fourth-order valence-corrected chi connectivity index (χ4v) is 1.95. The fraction of sp³-hybridized carbons (Fsp3) is 1.00. The first-order valence-corrected chi connectivity index (χ1v) is 4.21. The zero-order chi connectivity index (χ0) is 5.98. The van der Waals surface area contributed by atoms with E-state index in [1.807, 2.05) is 11.8 Å². The Kier molecular flexibility index (Phi) is 2.20. The van der Waals surface area contributed by atoms with Gasteiger partial charge in [-0.25, -0.2) is 0 Å². The highest BCUT2D eigenvalue weighted by Crippen LogP contribution is 2.23. The van der Waals surface area contributed by atoms with Gasteiger partial charge >= 0.3 is 0 Å². The van der Waals surface area contributed by atoms with E-state index in [0.29, 0.717) is 6.04 Å². The highest BCUT2D eigenvalue weighted by atomic mass is 32.2. The molecule has 0 saturated carbocycles. The second-order valence-corrected chi connectivity index (χ2v) is 3.95. The Morgan fingerprint density at radius 1 is 1.50 bits per heavy atom. The molecule has 1 aliphatic rings. The van der Waals surface area contributed by atoms with E-state index in [0.717, 1.165) is 5.25 Å². The minimum absolute atomic E-state index is 0.483. The molecule has 0 bridgehead atoms. The van der Waals surface area contributed by atoms with Crippen LogP contribution >= 0.6 is 11.8 Å². The zero-order valence-electron chi connectivity index (χ0n) is 5.26. The van der Waals surface area contributed by atoms with Gasteiger partial charge in [0.2, 0.25) is 0 Å². The summed E-state index contributed by atoms with van der Waals surface area (Å²) in [6.07, 6.45) is 2.54. The van der Waals surface area contributed by atoms with Crippen molar-refractivity contribution in [2.24, 2.45) is 5.73 Å². The molecule has 48 valence electrons. The molecule has 1 nitrogen and oxygen atoms in total. The van der Waals surface area contributed by atoms with Crippen LogP contribution in [0.15, 0.2) is 0 Å². The molecular weight excluding hydrogens is 118 g/mol. The van der Waals surface area contributed by atoms with Crippen molar-refractivity contribution in [1.82, 2.24) is 0 Å². The lowest BCUT2D eigenvalue weighted by atomic mass is 10.1. The van der Waals surface area contributed by atoms with Crippen molar-refractivity contribution in [2.45, 2.75) is 31.1 Å². The first kappa shape index (κ1) is 6.43. The van der Waals surface area contributed by atoms with Crippen LogP contribution < -0.4 is 5.73 Å². The first-order valence-electron chi connectivity index (χ1n) is 3.16. The van der Waals surface area contributed by atoms with Gasteiger partial charge in [0, 0.05) is 17.0 Å². The second kappa shape index (κ2) is 2.74. The average molecular weight is 131 g/mol. The average Bonchev–Trinajstić information content (AvgIpc) is 1.77. The maximum Gasteiger partial charge on any atom is 0.0130 e. The van der Waals surface area contributed by atoms with Gasteiger partial charge in [-0.1, -0.05) is 6.92 Å². The predicted octanol–water partition coefficient (Wildman–Crippen LogP) is 1.23. The number of nitrogens with two attached hydrogens (primary N) is 1. The van der Waals surface area contributed by atoms with E-state index in [1.54, 1.807) is 0 Å². The standard InChI is InChI=1S/C6H13NS/c1-5-2-3-6(7)4-8-5/h5-6H,2-4,7H2,1H3/t5-,6+/m1/s1. The lowest BCUT2D eigenvalue weighted by Gasteiger charge is -2.21. The van der Waals surface area contributed by atoms with Gasteiger partial charge in [0.1, 0.15) is 0 Å². The topological polar surface area (TPSA) is 26.0 Å². The molecule has 0 radical (unpaired) electrons. The quantitative estimate of drug-likeness (QED) is 0.535. The monoisotopic (exact) mass is 131 g/mol. The Labute approximate surface area is 55.0 Å². The van der Waals surface area contributed by atoms with Crippen LogP contribution in [0.5, 0.6) is 0 Å². The van der Waals surface area contributed by atoms with Crippen molar-refractivity contribution >= 4 is 11.8 Å². The molecule has 0 aromatic heterocycles. The molecule has 0 spiro atoms. The van der Waals surface area contributed by atoms with E-state index in [9.17, 15) is 0 Å². The SMILES string of the molecule is C[C@@H]1CC[C@H](N)CS1. The van der Waals surface area contributed by atoms with Gasteiger partial charge in [0.05, 0.1) is 0 Å². The van der Waals surface area contributed by atoms with Crippen molar-refractivity contribution in [3.05, 3.63) is 0 Å². The first-order chi connectivity index (χ1) is 3.79. The second-order valence-electron chi connectivity index (χ2n) is 2.48. The minimum Gasteiger partial charge on any atom is -0.327 e. The summed E-state index contributed by atoms with van der Waals surface area (Å²) in [5.74, 6) is 1.17. The van der Waals surface area contributed by atoms with Crippen LogP contribution in [0.3, 0.4) is 0 Å². The number of hydrogen-bond donors (Lipinski definition) is 1. The molecule has 0 aromatic rings. The van der Waals surface area contributed by atoms with Crippen molar-refractivity contribution in [3.8, 4) is 0 Å². The van der Waals surface area contributed by atoms with Crippen LogP contribution in [-0.2, 0) is 0 Å². The molecule has 8 heavy (non-hydrogen) atoms. The molecular formula is C6H13NS. The summed E-state index contributed by atoms with van der Waals surface area (Å²) in [6.45, 7) is 2.27. The molecule has 1 fully saturated rings. The predicted molar refractivity (Wildman–Crippen MR) is 39.1 cm³/mol. The molecule has 0 aliphatic carbocycles. The number of rotatable bonds is 0. The smallest absolute Gasteiger partial charge is 0.0130 e. The van der Waals surface area contributed by atoms with Crippen molar-refractivity contribution in [1.29, 1.82) is 0 Å². The molecule has 1 saturated heterocycles. The molecule has 0 amide bonds. The Bertz CT molecular complexity index is 56.9. The van der Waals surface area contributed by atoms with Gasteiger partial charge in [-0.2, -0.15) is 11.8 Å². The summed E-state index contributed by atoms with van der Waals surface area (Å²) in [7, 11) is 0. The lowest BCUT2D eigenvalue weighted by molar-refractivity contribution is 0.607. The molecule has 0 aromatic carbocycles. The van der Waals surface area contributed by atoms with E-state index in [-0.39, 0.29) is 0 Å². The zero-order valence-corrected chi connectivity index (χ0v) is 6.08. The van der Waals surface area contributed by atoms with Crippen LogP contribution in [-0.4, -0.2) is 17.0 Å². The largest absolute Gasteiger partial charge is 0.327 e. The summed E-state index contributed by atoms with van der Waals surface area (Å²) >= 11 is 2.00. The highest BCUT2D eigenvalue weighted by molar-refractivity contribution is 7.99. The molecule has 2 heteroatoms.